The van der Waals surface area contributed by atoms with Crippen LogP contribution in [0.2, 0.25) is 0 Å². The fraction of sp³-hybridized carbons (Fsp3) is 0.500. The molecule has 1 aromatic rings. The standard InChI is InChI=1S/C12H17BrN2O2S/c1-12(2)11(14)6-7-15(12)18(16,17)10-5-3-4-9(13)8-10/h3-5,8,11H,6-7,14H2,1-2H3. The van der Waals surface area contributed by atoms with Crippen molar-refractivity contribution in [1.82, 2.24) is 4.31 Å². The van der Waals surface area contributed by atoms with Gasteiger partial charge in [0.15, 0.2) is 0 Å². The summed E-state index contributed by atoms with van der Waals surface area (Å²) in [6, 6.07) is 6.63. The third-order valence-electron chi connectivity index (χ3n) is 3.58. The van der Waals surface area contributed by atoms with Crippen molar-refractivity contribution in [3.05, 3.63) is 28.7 Å². The normalized spacial score (nSPS) is 24.3. The van der Waals surface area contributed by atoms with Crippen LogP contribution in [0, 0.1) is 0 Å². The number of sulfonamides is 1. The molecule has 2 N–H and O–H groups in total. The molecule has 1 heterocycles. The average molecular weight is 333 g/mol. The number of benzene rings is 1. The summed E-state index contributed by atoms with van der Waals surface area (Å²) < 4.78 is 27.5. The molecule has 6 heteroatoms. The zero-order valence-corrected chi connectivity index (χ0v) is 12.8. The van der Waals surface area contributed by atoms with Crippen molar-refractivity contribution < 1.29 is 8.42 Å². The zero-order chi connectivity index (χ0) is 13.6. The van der Waals surface area contributed by atoms with Crippen molar-refractivity contribution >= 4 is 26.0 Å². The van der Waals surface area contributed by atoms with E-state index in [1.165, 1.54) is 4.31 Å². The van der Waals surface area contributed by atoms with Gasteiger partial charge in [-0.05, 0) is 38.5 Å². The Labute approximate surface area is 116 Å². The zero-order valence-electron chi connectivity index (χ0n) is 10.4. The van der Waals surface area contributed by atoms with Crippen molar-refractivity contribution in [3.8, 4) is 0 Å². The molecule has 1 aliphatic heterocycles. The molecule has 1 fully saturated rings. The summed E-state index contributed by atoms with van der Waals surface area (Å²) in [5.74, 6) is 0. The predicted octanol–water partition coefficient (Wildman–Crippen LogP) is 1.95. The molecule has 1 saturated heterocycles. The summed E-state index contributed by atoms with van der Waals surface area (Å²) in [7, 11) is -3.48. The minimum atomic E-state index is -3.48. The van der Waals surface area contributed by atoms with Gasteiger partial charge in [-0.25, -0.2) is 8.42 Å². The Morgan fingerprint density at radius 2 is 2.11 bits per heavy atom. The molecule has 1 unspecified atom stereocenters. The summed E-state index contributed by atoms with van der Waals surface area (Å²) in [5, 5.41) is 0. The Kier molecular flexibility index (Phi) is 3.57. The molecule has 0 aromatic heterocycles. The Bertz CT molecular complexity index is 557. The van der Waals surface area contributed by atoms with Crippen molar-refractivity contribution in [1.29, 1.82) is 0 Å². The molecule has 100 valence electrons. The van der Waals surface area contributed by atoms with Gasteiger partial charge in [-0.1, -0.05) is 22.0 Å². The van der Waals surface area contributed by atoms with E-state index in [0.29, 0.717) is 17.9 Å². The van der Waals surface area contributed by atoms with E-state index >= 15 is 0 Å². The third-order valence-corrected chi connectivity index (χ3v) is 6.15. The van der Waals surface area contributed by atoms with Crippen molar-refractivity contribution in [3.63, 3.8) is 0 Å². The van der Waals surface area contributed by atoms with Crippen molar-refractivity contribution in [2.45, 2.75) is 36.7 Å². The van der Waals surface area contributed by atoms with Crippen LogP contribution in [0.15, 0.2) is 33.6 Å². The highest BCUT2D eigenvalue weighted by atomic mass is 79.9. The first-order valence-electron chi connectivity index (χ1n) is 5.80. The highest BCUT2D eigenvalue weighted by molar-refractivity contribution is 9.10. The molecule has 1 atom stereocenters. The summed E-state index contributed by atoms with van der Waals surface area (Å²) in [6.45, 7) is 4.23. The monoisotopic (exact) mass is 332 g/mol. The first-order valence-corrected chi connectivity index (χ1v) is 8.03. The maximum atomic E-state index is 12.6. The largest absolute Gasteiger partial charge is 0.326 e. The van der Waals surface area contributed by atoms with E-state index in [2.05, 4.69) is 15.9 Å². The molecule has 0 spiro atoms. The van der Waals surface area contributed by atoms with Gasteiger partial charge in [0, 0.05) is 22.6 Å². The van der Waals surface area contributed by atoms with E-state index in [1.807, 2.05) is 13.8 Å². The molecule has 0 radical (unpaired) electrons. The van der Waals surface area contributed by atoms with Gasteiger partial charge in [-0.15, -0.1) is 0 Å². The van der Waals surface area contributed by atoms with Crippen LogP contribution in [0.25, 0.3) is 0 Å². The molecule has 1 aliphatic rings. The molecule has 0 saturated carbocycles. The van der Waals surface area contributed by atoms with Crippen LogP contribution in [0.5, 0.6) is 0 Å². The summed E-state index contributed by atoms with van der Waals surface area (Å²) in [5.41, 5.74) is 5.45. The molecule has 2 rings (SSSR count). The number of hydrogen-bond acceptors (Lipinski definition) is 3. The maximum absolute atomic E-state index is 12.6. The van der Waals surface area contributed by atoms with E-state index in [0.717, 1.165) is 4.47 Å². The molecule has 4 nitrogen and oxygen atoms in total. The second kappa shape index (κ2) is 4.59. The van der Waals surface area contributed by atoms with Crippen LogP contribution in [-0.2, 0) is 10.0 Å². The van der Waals surface area contributed by atoms with Crippen LogP contribution in [0.1, 0.15) is 20.3 Å². The number of hydrogen-bond donors (Lipinski definition) is 1. The number of nitrogens with zero attached hydrogens (tertiary/aromatic N) is 1. The lowest BCUT2D eigenvalue weighted by Gasteiger charge is -2.33. The van der Waals surface area contributed by atoms with E-state index < -0.39 is 15.6 Å². The van der Waals surface area contributed by atoms with Gasteiger partial charge in [0.25, 0.3) is 0 Å². The quantitative estimate of drug-likeness (QED) is 0.900. The highest BCUT2D eigenvalue weighted by Gasteiger charge is 2.45. The van der Waals surface area contributed by atoms with Crippen LogP contribution < -0.4 is 5.73 Å². The molecule has 18 heavy (non-hydrogen) atoms. The fourth-order valence-electron chi connectivity index (χ4n) is 2.27. The number of nitrogens with two attached hydrogens (primary N) is 1. The topological polar surface area (TPSA) is 63.4 Å². The Balaban J connectivity index is 2.45. The number of halogens is 1. The summed E-state index contributed by atoms with van der Waals surface area (Å²) in [4.78, 5) is 0.305. The second-order valence-electron chi connectivity index (χ2n) is 5.08. The smallest absolute Gasteiger partial charge is 0.243 e. The lowest BCUT2D eigenvalue weighted by atomic mass is 9.98. The van der Waals surface area contributed by atoms with E-state index in [4.69, 9.17) is 5.73 Å². The minimum Gasteiger partial charge on any atom is -0.326 e. The van der Waals surface area contributed by atoms with Gasteiger partial charge in [0.05, 0.1) is 4.90 Å². The molecule has 1 aromatic carbocycles. The lowest BCUT2D eigenvalue weighted by Crippen LogP contribution is -2.50. The van der Waals surface area contributed by atoms with Crippen LogP contribution in [0.3, 0.4) is 0 Å². The Morgan fingerprint density at radius 3 is 2.61 bits per heavy atom. The molecular formula is C12H17BrN2O2S. The van der Waals surface area contributed by atoms with Gasteiger partial charge in [-0.3, -0.25) is 0 Å². The Hall–Kier alpha value is -0.430. The molecular weight excluding hydrogens is 316 g/mol. The first-order chi connectivity index (χ1) is 8.26. The predicted molar refractivity (Wildman–Crippen MR) is 74.7 cm³/mol. The van der Waals surface area contributed by atoms with Crippen LogP contribution in [-0.4, -0.2) is 30.8 Å². The molecule has 0 amide bonds. The SMILES string of the molecule is CC1(C)C(N)CCN1S(=O)(=O)c1cccc(Br)c1. The van der Waals surface area contributed by atoms with Gasteiger partial charge in [0.2, 0.25) is 10.0 Å². The minimum absolute atomic E-state index is 0.126. The van der Waals surface area contributed by atoms with E-state index in [-0.39, 0.29) is 6.04 Å². The molecule has 0 aliphatic carbocycles. The first kappa shape index (κ1) is 14.0. The van der Waals surface area contributed by atoms with Crippen molar-refractivity contribution in [2.24, 2.45) is 5.73 Å². The number of rotatable bonds is 2. The third kappa shape index (κ3) is 2.22. The van der Waals surface area contributed by atoms with Gasteiger partial charge in [-0.2, -0.15) is 4.31 Å². The van der Waals surface area contributed by atoms with Gasteiger partial charge >= 0.3 is 0 Å². The summed E-state index contributed by atoms with van der Waals surface area (Å²) >= 11 is 3.30. The highest BCUT2D eigenvalue weighted by Crippen LogP contribution is 2.33. The average Bonchev–Trinajstić information content (AvgIpc) is 2.54. The van der Waals surface area contributed by atoms with Crippen molar-refractivity contribution in [2.75, 3.05) is 6.54 Å². The fourth-order valence-corrected chi connectivity index (χ4v) is 4.70. The van der Waals surface area contributed by atoms with E-state index in [9.17, 15) is 8.42 Å². The lowest BCUT2D eigenvalue weighted by molar-refractivity contribution is 0.270. The van der Waals surface area contributed by atoms with Gasteiger partial charge in [0.1, 0.15) is 0 Å². The van der Waals surface area contributed by atoms with E-state index in [1.54, 1.807) is 24.3 Å². The van der Waals surface area contributed by atoms with Gasteiger partial charge < -0.3 is 5.73 Å². The Morgan fingerprint density at radius 1 is 1.44 bits per heavy atom. The summed E-state index contributed by atoms with van der Waals surface area (Å²) in [6.07, 6.45) is 0.695. The van der Waals surface area contributed by atoms with Crippen LogP contribution in [0.4, 0.5) is 0 Å². The molecule has 0 bridgehead atoms. The second-order valence-corrected chi connectivity index (χ2v) is 7.86. The maximum Gasteiger partial charge on any atom is 0.243 e. The van der Waals surface area contributed by atoms with Crippen LogP contribution >= 0.6 is 15.9 Å².